The molecular weight excluding hydrogens is 244 g/mol. The van der Waals surface area contributed by atoms with Crippen molar-refractivity contribution < 1.29 is 18.9 Å². The van der Waals surface area contributed by atoms with Crippen molar-refractivity contribution in [2.24, 2.45) is 0 Å². The van der Waals surface area contributed by atoms with Crippen LogP contribution in [-0.2, 0) is 18.9 Å². The molecule has 4 heteroatoms. The second-order valence-electron chi connectivity index (χ2n) is 4.31. The predicted octanol–water partition coefficient (Wildman–Crippen LogP) is 3.86. The first kappa shape index (κ1) is 18.4. The van der Waals surface area contributed by atoms with Gasteiger partial charge in [0.05, 0.1) is 12.9 Å². The summed E-state index contributed by atoms with van der Waals surface area (Å²) in [7, 11) is 0. The van der Waals surface area contributed by atoms with Crippen LogP contribution >= 0.6 is 0 Å². The average Bonchev–Trinajstić information content (AvgIpc) is 2.43. The monoisotopic (exact) mass is 274 g/mol. The van der Waals surface area contributed by atoms with E-state index in [1.54, 1.807) is 6.26 Å². The van der Waals surface area contributed by atoms with Crippen molar-refractivity contribution in [1.82, 2.24) is 0 Å². The van der Waals surface area contributed by atoms with Gasteiger partial charge < -0.3 is 18.9 Å². The van der Waals surface area contributed by atoms with Crippen molar-refractivity contribution in [3.63, 3.8) is 0 Å². The molecule has 0 aliphatic carbocycles. The normalized spacial score (nSPS) is 11.6. The van der Waals surface area contributed by atoms with Gasteiger partial charge in [0, 0.05) is 19.6 Å². The molecule has 0 aliphatic heterocycles. The lowest BCUT2D eigenvalue weighted by Gasteiger charge is -2.17. The zero-order valence-corrected chi connectivity index (χ0v) is 12.7. The Labute approximate surface area is 118 Å². The second-order valence-corrected chi connectivity index (χ2v) is 4.31. The zero-order valence-electron chi connectivity index (χ0n) is 12.7. The Hall–Kier alpha value is -0.580. The Balaban J connectivity index is 3.57. The highest BCUT2D eigenvalue weighted by atomic mass is 16.7. The van der Waals surface area contributed by atoms with Gasteiger partial charge >= 0.3 is 0 Å². The van der Waals surface area contributed by atoms with Gasteiger partial charge in [-0.2, -0.15) is 0 Å². The molecule has 114 valence electrons. The van der Waals surface area contributed by atoms with E-state index in [4.69, 9.17) is 18.9 Å². The van der Waals surface area contributed by atoms with Gasteiger partial charge in [-0.05, 0) is 31.8 Å². The van der Waals surface area contributed by atoms with Crippen molar-refractivity contribution in [2.75, 3.05) is 26.6 Å². The molecule has 0 bridgehead atoms. The van der Waals surface area contributed by atoms with Gasteiger partial charge in [0.25, 0.3) is 0 Å². The van der Waals surface area contributed by atoms with E-state index in [9.17, 15) is 0 Å². The van der Waals surface area contributed by atoms with Crippen LogP contribution in [0.2, 0.25) is 0 Å². The van der Waals surface area contributed by atoms with Crippen LogP contribution < -0.4 is 0 Å². The molecule has 0 saturated heterocycles. The SMILES string of the molecule is CCCOCOC=CCCC(OCCC)OCCC. The first-order valence-corrected chi connectivity index (χ1v) is 7.42. The molecule has 0 saturated carbocycles. The van der Waals surface area contributed by atoms with Gasteiger partial charge in [-0.15, -0.1) is 0 Å². The van der Waals surface area contributed by atoms with Crippen LogP contribution in [0, 0.1) is 0 Å². The summed E-state index contributed by atoms with van der Waals surface area (Å²) in [5.41, 5.74) is 0. The molecule has 0 unspecified atom stereocenters. The number of rotatable bonds is 14. The minimum Gasteiger partial charge on any atom is -0.475 e. The summed E-state index contributed by atoms with van der Waals surface area (Å²) in [4.78, 5) is 0. The van der Waals surface area contributed by atoms with Gasteiger partial charge in [-0.1, -0.05) is 20.8 Å². The van der Waals surface area contributed by atoms with Gasteiger partial charge in [0.2, 0.25) is 0 Å². The molecule has 4 nitrogen and oxygen atoms in total. The van der Waals surface area contributed by atoms with E-state index >= 15 is 0 Å². The maximum Gasteiger partial charge on any atom is 0.188 e. The molecule has 0 rings (SSSR count). The van der Waals surface area contributed by atoms with Crippen molar-refractivity contribution in [3.05, 3.63) is 12.3 Å². The summed E-state index contributed by atoms with van der Waals surface area (Å²) in [6.45, 7) is 8.83. The van der Waals surface area contributed by atoms with Crippen LogP contribution in [0.25, 0.3) is 0 Å². The topological polar surface area (TPSA) is 36.9 Å². The Morgan fingerprint density at radius 2 is 1.53 bits per heavy atom. The fraction of sp³-hybridized carbons (Fsp3) is 0.867. The number of hydrogen-bond acceptors (Lipinski definition) is 4. The maximum absolute atomic E-state index is 5.63. The minimum absolute atomic E-state index is 0.0964. The maximum atomic E-state index is 5.63. The van der Waals surface area contributed by atoms with Crippen LogP contribution in [0.1, 0.15) is 52.9 Å². The predicted molar refractivity (Wildman–Crippen MR) is 76.8 cm³/mol. The van der Waals surface area contributed by atoms with Crippen LogP contribution in [-0.4, -0.2) is 32.9 Å². The lowest BCUT2D eigenvalue weighted by Crippen LogP contribution is -2.18. The van der Waals surface area contributed by atoms with Gasteiger partial charge in [-0.25, -0.2) is 0 Å². The number of hydrogen-bond donors (Lipinski definition) is 0. The molecule has 0 aromatic rings. The van der Waals surface area contributed by atoms with E-state index in [0.29, 0.717) is 6.79 Å². The average molecular weight is 274 g/mol. The van der Waals surface area contributed by atoms with Crippen molar-refractivity contribution in [2.45, 2.75) is 59.2 Å². The smallest absolute Gasteiger partial charge is 0.188 e. The Kier molecular flexibility index (Phi) is 15.0. The number of ether oxygens (including phenoxy) is 4. The lowest BCUT2D eigenvalue weighted by atomic mass is 10.3. The Bertz CT molecular complexity index is 187. The van der Waals surface area contributed by atoms with Crippen molar-refractivity contribution >= 4 is 0 Å². The summed E-state index contributed by atoms with van der Waals surface area (Å²) in [6, 6.07) is 0. The second kappa shape index (κ2) is 15.5. The number of allylic oxidation sites excluding steroid dienone is 1. The standard InChI is InChI=1S/C15H30O4/c1-4-10-16-14-17-13-8-7-9-15(18-11-5-2)19-12-6-3/h8,13,15H,4-7,9-12,14H2,1-3H3. The van der Waals surface area contributed by atoms with E-state index < -0.39 is 0 Å². The van der Waals surface area contributed by atoms with Crippen LogP contribution in [0.3, 0.4) is 0 Å². The Morgan fingerprint density at radius 3 is 2.11 bits per heavy atom. The molecule has 0 radical (unpaired) electrons. The summed E-state index contributed by atoms with van der Waals surface area (Å²) in [6.07, 6.45) is 8.35. The van der Waals surface area contributed by atoms with E-state index in [1.165, 1.54) is 0 Å². The van der Waals surface area contributed by atoms with E-state index in [1.807, 2.05) is 6.08 Å². The molecule has 0 amide bonds. The first-order chi connectivity index (χ1) is 9.35. The Morgan fingerprint density at radius 1 is 0.895 bits per heavy atom. The summed E-state index contributed by atoms with van der Waals surface area (Å²) >= 11 is 0. The van der Waals surface area contributed by atoms with Gasteiger partial charge in [0.15, 0.2) is 13.1 Å². The van der Waals surface area contributed by atoms with Crippen LogP contribution in [0.4, 0.5) is 0 Å². The minimum atomic E-state index is -0.0964. The third-order valence-corrected chi connectivity index (χ3v) is 2.28. The molecule has 0 aromatic heterocycles. The third-order valence-electron chi connectivity index (χ3n) is 2.28. The zero-order chi connectivity index (χ0) is 14.2. The molecule has 0 fully saturated rings. The fourth-order valence-electron chi connectivity index (χ4n) is 1.37. The van der Waals surface area contributed by atoms with Gasteiger partial charge in [-0.3, -0.25) is 0 Å². The molecule has 0 heterocycles. The van der Waals surface area contributed by atoms with Crippen molar-refractivity contribution in [3.8, 4) is 0 Å². The lowest BCUT2D eigenvalue weighted by molar-refractivity contribution is -0.145. The molecule has 0 aliphatic rings. The molecule has 0 aromatic carbocycles. The molecule has 0 atom stereocenters. The highest BCUT2D eigenvalue weighted by Gasteiger charge is 2.06. The largest absolute Gasteiger partial charge is 0.475 e. The third kappa shape index (κ3) is 13.6. The van der Waals surface area contributed by atoms with Crippen molar-refractivity contribution in [1.29, 1.82) is 0 Å². The molecule has 19 heavy (non-hydrogen) atoms. The molecule has 0 N–H and O–H groups in total. The quantitative estimate of drug-likeness (QED) is 0.274. The summed E-state index contributed by atoms with van der Waals surface area (Å²) in [5.74, 6) is 0. The van der Waals surface area contributed by atoms with Gasteiger partial charge in [0.1, 0.15) is 0 Å². The summed E-state index contributed by atoms with van der Waals surface area (Å²) < 4.78 is 21.7. The van der Waals surface area contributed by atoms with Crippen LogP contribution in [0.15, 0.2) is 12.3 Å². The fourth-order valence-corrected chi connectivity index (χ4v) is 1.37. The highest BCUT2D eigenvalue weighted by Crippen LogP contribution is 2.06. The van der Waals surface area contributed by atoms with E-state index in [-0.39, 0.29) is 6.29 Å². The van der Waals surface area contributed by atoms with Crippen LogP contribution in [0.5, 0.6) is 0 Å². The molecular formula is C15H30O4. The summed E-state index contributed by atoms with van der Waals surface area (Å²) in [5, 5.41) is 0. The first-order valence-electron chi connectivity index (χ1n) is 7.42. The van der Waals surface area contributed by atoms with E-state index in [0.717, 1.165) is 51.9 Å². The van der Waals surface area contributed by atoms with E-state index in [2.05, 4.69) is 20.8 Å². The highest BCUT2D eigenvalue weighted by molar-refractivity contribution is 4.73. The molecule has 0 spiro atoms.